The molecule has 1 saturated heterocycles. The molecule has 1 saturated carbocycles. The Morgan fingerprint density at radius 2 is 2.18 bits per heavy atom. The minimum absolute atomic E-state index is 0.00162. The molecule has 2 fully saturated rings. The molecule has 120 valence electrons. The number of methoxy groups -OCH3 is 1. The number of hydrogen-bond acceptors (Lipinski definition) is 4. The van der Waals surface area contributed by atoms with Gasteiger partial charge in [-0.1, -0.05) is 0 Å². The number of likely N-dealkylation sites (tertiary alicyclic amines) is 1. The summed E-state index contributed by atoms with van der Waals surface area (Å²) in [5, 5.41) is 15.9. The van der Waals surface area contributed by atoms with Crippen molar-refractivity contribution in [1.82, 2.24) is 15.1 Å². The highest BCUT2D eigenvalue weighted by atomic mass is 16.5. The first-order valence-electron chi connectivity index (χ1n) is 7.71. The molecule has 0 radical (unpaired) electrons. The van der Waals surface area contributed by atoms with E-state index in [-0.39, 0.29) is 29.5 Å². The van der Waals surface area contributed by atoms with Crippen LogP contribution in [0.4, 0.5) is 0 Å². The second kappa shape index (κ2) is 6.08. The van der Waals surface area contributed by atoms with Crippen LogP contribution in [0.25, 0.3) is 0 Å². The fourth-order valence-electron chi connectivity index (χ4n) is 3.41. The highest BCUT2D eigenvalue weighted by molar-refractivity contribution is 5.89. The second-order valence-corrected chi connectivity index (χ2v) is 6.07. The molecule has 1 aromatic rings. The quantitative estimate of drug-likeness (QED) is 0.880. The summed E-state index contributed by atoms with van der Waals surface area (Å²) in [6, 6.07) is -0.212. The lowest BCUT2D eigenvalue weighted by atomic mass is 9.80. The topological polar surface area (TPSA) is 95.5 Å². The van der Waals surface area contributed by atoms with Crippen molar-refractivity contribution in [3.63, 3.8) is 0 Å². The number of hydrogen-bond donors (Lipinski definition) is 2. The van der Waals surface area contributed by atoms with Crippen LogP contribution in [0.15, 0.2) is 6.20 Å². The van der Waals surface area contributed by atoms with E-state index in [9.17, 15) is 14.7 Å². The van der Waals surface area contributed by atoms with Crippen molar-refractivity contribution in [2.45, 2.75) is 44.2 Å². The summed E-state index contributed by atoms with van der Waals surface area (Å²) >= 11 is 0. The van der Waals surface area contributed by atoms with Crippen LogP contribution in [0, 0.1) is 5.92 Å². The molecule has 1 aromatic heterocycles. The minimum atomic E-state index is -1.01. The van der Waals surface area contributed by atoms with Crippen LogP contribution in [0.2, 0.25) is 0 Å². The molecule has 2 N–H and O–H groups in total. The number of amides is 1. The fraction of sp³-hybridized carbons (Fsp3) is 0.667. The predicted octanol–water partition coefficient (Wildman–Crippen LogP) is 1.59. The van der Waals surface area contributed by atoms with E-state index in [1.54, 1.807) is 7.11 Å². The molecule has 7 nitrogen and oxygen atoms in total. The molecule has 3 rings (SSSR count). The van der Waals surface area contributed by atoms with Crippen molar-refractivity contribution < 1.29 is 19.4 Å². The summed E-state index contributed by atoms with van der Waals surface area (Å²) in [5.41, 5.74) is 0.705. The first-order chi connectivity index (χ1) is 10.6. The monoisotopic (exact) mass is 307 g/mol. The summed E-state index contributed by atoms with van der Waals surface area (Å²) in [5.74, 6) is -0.893. The van der Waals surface area contributed by atoms with Crippen molar-refractivity contribution >= 4 is 11.9 Å². The Morgan fingerprint density at radius 1 is 1.41 bits per heavy atom. The van der Waals surface area contributed by atoms with Gasteiger partial charge >= 0.3 is 5.97 Å². The van der Waals surface area contributed by atoms with E-state index in [0.29, 0.717) is 12.2 Å². The molecule has 7 heteroatoms. The number of nitrogens with one attached hydrogen (secondary N) is 1. The largest absolute Gasteiger partial charge is 0.478 e. The maximum absolute atomic E-state index is 12.7. The third-order valence-corrected chi connectivity index (χ3v) is 4.80. The van der Waals surface area contributed by atoms with Gasteiger partial charge in [0.15, 0.2) is 0 Å². The van der Waals surface area contributed by atoms with Gasteiger partial charge in [0.2, 0.25) is 5.91 Å². The number of aromatic carboxylic acids is 1. The van der Waals surface area contributed by atoms with Gasteiger partial charge in [-0.05, 0) is 32.1 Å². The lowest BCUT2D eigenvalue weighted by Crippen LogP contribution is -2.47. The number of carboxylic acids is 1. The average molecular weight is 307 g/mol. The Bertz CT molecular complexity index is 565. The standard InChI is InChI=1S/C15H21N3O4/c1-22-10-6-9(7-10)14(19)18-5-3-2-4-12(18)13-11(15(20)21)8-16-17-13/h8-10,12H,2-7H2,1H3,(H,16,17)(H,20,21). The van der Waals surface area contributed by atoms with Gasteiger partial charge in [0.25, 0.3) is 0 Å². The van der Waals surface area contributed by atoms with Crippen LogP contribution >= 0.6 is 0 Å². The van der Waals surface area contributed by atoms with Gasteiger partial charge in [-0.3, -0.25) is 9.89 Å². The van der Waals surface area contributed by atoms with E-state index in [1.165, 1.54) is 6.20 Å². The molecule has 2 heterocycles. The number of aromatic nitrogens is 2. The Hall–Kier alpha value is -1.89. The Balaban J connectivity index is 1.78. The van der Waals surface area contributed by atoms with E-state index in [2.05, 4.69) is 10.2 Å². The Labute approximate surface area is 128 Å². The Morgan fingerprint density at radius 3 is 2.86 bits per heavy atom. The van der Waals surface area contributed by atoms with Gasteiger partial charge < -0.3 is 14.7 Å². The van der Waals surface area contributed by atoms with Gasteiger partial charge in [-0.25, -0.2) is 4.79 Å². The third-order valence-electron chi connectivity index (χ3n) is 4.80. The zero-order valence-corrected chi connectivity index (χ0v) is 12.6. The molecule has 22 heavy (non-hydrogen) atoms. The van der Waals surface area contributed by atoms with Crippen LogP contribution in [0.1, 0.15) is 54.2 Å². The molecule has 1 atom stereocenters. The van der Waals surface area contributed by atoms with E-state index >= 15 is 0 Å². The van der Waals surface area contributed by atoms with E-state index < -0.39 is 5.97 Å². The molecule has 1 amide bonds. The maximum atomic E-state index is 12.7. The highest BCUT2D eigenvalue weighted by Crippen LogP contribution is 2.37. The van der Waals surface area contributed by atoms with Crippen molar-refractivity contribution in [3.8, 4) is 0 Å². The van der Waals surface area contributed by atoms with Gasteiger partial charge in [-0.2, -0.15) is 5.10 Å². The number of rotatable bonds is 4. The fourth-order valence-corrected chi connectivity index (χ4v) is 3.41. The molecule has 0 spiro atoms. The van der Waals surface area contributed by atoms with Crippen molar-refractivity contribution in [2.75, 3.05) is 13.7 Å². The van der Waals surface area contributed by atoms with E-state index in [0.717, 1.165) is 32.1 Å². The highest BCUT2D eigenvalue weighted by Gasteiger charge is 2.40. The molecule has 2 aliphatic rings. The van der Waals surface area contributed by atoms with Gasteiger partial charge in [0, 0.05) is 19.6 Å². The minimum Gasteiger partial charge on any atom is -0.478 e. The lowest BCUT2D eigenvalue weighted by Gasteiger charge is -2.41. The molecule has 1 aliphatic heterocycles. The normalized spacial score (nSPS) is 28.2. The molecular weight excluding hydrogens is 286 g/mol. The van der Waals surface area contributed by atoms with Gasteiger partial charge in [-0.15, -0.1) is 0 Å². The summed E-state index contributed by atoms with van der Waals surface area (Å²) < 4.78 is 5.24. The van der Waals surface area contributed by atoms with Crippen LogP contribution in [-0.2, 0) is 9.53 Å². The molecule has 1 unspecified atom stereocenters. The SMILES string of the molecule is COC1CC(C(=O)N2CCCCC2c2[nH]ncc2C(=O)O)C1. The number of piperidine rings is 1. The van der Waals surface area contributed by atoms with E-state index in [4.69, 9.17) is 4.74 Å². The number of H-pyrrole nitrogens is 1. The maximum Gasteiger partial charge on any atom is 0.339 e. The first-order valence-corrected chi connectivity index (χ1v) is 7.71. The summed E-state index contributed by atoms with van der Waals surface area (Å²) in [4.78, 5) is 25.9. The zero-order chi connectivity index (χ0) is 15.7. The summed E-state index contributed by atoms with van der Waals surface area (Å²) in [7, 11) is 1.67. The van der Waals surface area contributed by atoms with Crippen LogP contribution in [0.3, 0.4) is 0 Å². The number of ether oxygens (including phenoxy) is 1. The van der Waals surface area contributed by atoms with Crippen molar-refractivity contribution in [2.24, 2.45) is 5.92 Å². The number of carbonyl (C=O) groups is 2. The van der Waals surface area contributed by atoms with Gasteiger partial charge in [0.1, 0.15) is 5.56 Å². The average Bonchev–Trinajstić information content (AvgIpc) is 2.95. The predicted molar refractivity (Wildman–Crippen MR) is 77.4 cm³/mol. The summed E-state index contributed by atoms with van der Waals surface area (Å²) in [6.07, 6.45) is 5.73. The Kier molecular flexibility index (Phi) is 4.15. The molecule has 0 bridgehead atoms. The smallest absolute Gasteiger partial charge is 0.339 e. The van der Waals surface area contributed by atoms with E-state index in [1.807, 2.05) is 4.90 Å². The van der Waals surface area contributed by atoms with Crippen LogP contribution in [0.5, 0.6) is 0 Å². The van der Waals surface area contributed by atoms with Gasteiger partial charge in [0.05, 0.1) is 24.0 Å². The number of carboxylic acid groups (broad SMARTS) is 1. The summed E-state index contributed by atoms with van der Waals surface area (Å²) in [6.45, 7) is 0.676. The number of carbonyl (C=O) groups excluding carboxylic acids is 1. The number of nitrogens with zero attached hydrogens (tertiary/aromatic N) is 2. The second-order valence-electron chi connectivity index (χ2n) is 6.07. The molecular formula is C15H21N3O4. The lowest BCUT2D eigenvalue weighted by molar-refractivity contribution is -0.147. The zero-order valence-electron chi connectivity index (χ0n) is 12.6. The van der Waals surface area contributed by atoms with Crippen LogP contribution < -0.4 is 0 Å². The molecule has 0 aromatic carbocycles. The van der Waals surface area contributed by atoms with Crippen molar-refractivity contribution in [3.05, 3.63) is 17.5 Å². The van der Waals surface area contributed by atoms with Crippen LogP contribution in [-0.4, -0.2) is 51.8 Å². The first kappa shape index (κ1) is 15.0. The third kappa shape index (κ3) is 2.61. The molecule has 1 aliphatic carbocycles. The number of aromatic amines is 1. The van der Waals surface area contributed by atoms with Crippen molar-refractivity contribution in [1.29, 1.82) is 0 Å².